The highest BCUT2D eigenvalue weighted by Crippen LogP contribution is 2.34. The first-order chi connectivity index (χ1) is 13.3. The maximum atomic E-state index is 10.3. The Morgan fingerprint density at radius 3 is 2.63 bits per heavy atom. The third-order valence-electron chi connectivity index (χ3n) is 4.32. The molecule has 0 fully saturated rings. The van der Waals surface area contributed by atoms with Crippen molar-refractivity contribution in [1.82, 2.24) is 0 Å². The zero-order valence-corrected chi connectivity index (χ0v) is 15.8. The van der Waals surface area contributed by atoms with Gasteiger partial charge in [-0.3, -0.25) is 0 Å². The topological polar surface area (TPSA) is 47.9 Å². The molecule has 1 atom stereocenters. The van der Waals surface area contributed by atoms with Gasteiger partial charge in [0.1, 0.15) is 12.4 Å². The Morgan fingerprint density at radius 2 is 1.74 bits per heavy atom. The fraction of sp³-hybridized carbons (Fsp3) is 0.273. The predicted octanol–water partition coefficient (Wildman–Crippen LogP) is 4.53. The minimum atomic E-state index is -0.558. The molecule has 3 aromatic rings. The first kappa shape index (κ1) is 18.0. The van der Waals surface area contributed by atoms with Crippen molar-refractivity contribution >= 4 is 22.5 Å². The summed E-state index contributed by atoms with van der Waals surface area (Å²) in [6, 6.07) is 20.0. The lowest BCUT2D eigenvalue weighted by atomic mass is 10.1. The molecule has 4 rings (SSSR count). The molecule has 3 aromatic carbocycles. The molecule has 0 aromatic heterocycles. The Hall–Kier alpha value is -2.37. The third kappa shape index (κ3) is 4.67. The monoisotopic (exact) mass is 382 g/mol. The summed E-state index contributed by atoms with van der Waals surface area (Å²) < 4.78 is 17.1. The molecule has 5 heteroatoms. The van der Waals surface area contributed by atoms with Crippen molar-refractivity contribution in [2.75, 3.05) is 25.6 Å². The van der Waals surface area contributed by atoms with Crippen molar-refractivity contribution in [2.24, 2.45) is 0 Å². The first-order valence-corrected chi connectivity index (χ1v) is 10.1. The van der Waals surface area contributed by atoms with Gasteiger partial charge in [-0.2, -0.15) is 0 Å². The van der Waals surface area contributed by atoms with E-state index in [2.05, 4.69) is 12.1 Å². The van der Waals surface area contributed by atoms with Gasteiger partial charge in [-0.1, -0.05) is 30.3 Å². The fourth-order valence-electron chi connectivity index (χ4n) is 2.92. The summed E-state index contributed by atoms with van der Waals surface area (Å²) in [6.07, 6.45) is 0.333. The van der Waals surface area contributed by atoms with Gasteiger partial charge in [0.25, 0.3) is 0 Å². The average molecular weight is 382 g/mol. The molecule has 0 bridgehead atoms. The standard InChI is InChI=1S/C22H22O4S/c23-18(14-26-19-7-6-16-4-1-2-5-17(16)12-19)15-27-20-8-9-21-22(13-20)25-11-3-10-24-21/h1-2,4-9,12-13,18,23H,3,10-11,14-15H2. The van der Waals surface area contributed by atoms with Crippen LogP contribution in [0.25, 0.3) is 10.8 Å². The molecular formula is C22H22O4S. The van der Waals surface area contributed by atoms with Crippen molar-refractivity contribution in [3.8, 4) is 17.2 Å². The van der Waals surface area contributed by atoms with Crippen LogP contribution in [0, 0.1) is 0 Å². The van der Waals surface area contributed by atoms with Crippen LogP contribution >= 0.6 is 11.8 Å². The van der Waals surface area contributed by atoms with E-state index in [0.29, 0.717) is 19.0 Å². The molecule has 140 valence electrons. The zero-order chi connectivity index (χ0) is 18.5. The van der Waals surface area contributed by atoms with Gasteiger partial charge in [-0.15, -0.1) is 11.8 Å². The number of ether oxygens (including phenoxy) is 3. The first-order valence-electron chi connectivity index (χ1n) is 9.10. The van der Waals surface area contributed by atoms with E-state index in [1.165, 1.54) is 5.39 Å². The van der Waals surface area contributed by atoms with Crippen LogP contribution in [0.1, 0.15) is 6.42 Å². The summed E-state index contributed by atoms with van der Waals surface area (Å²) in [6.45, 7) is 1.61. The Kier molecular flexibility index (Phi) is 5.70. The Morgan fingerprint density at radius 1 is 0.926 bits per heavy atom. The quantitative estimate of drug-likeness (QED) is 0.635. The molecule has 0 spiro atoms. The number of fused-ring (bicyclic) bond motifs is 2. The lowest BCUT2D eigenvalue weighted by molar-refractivity contribution is 0.126. The lowest BCUT2D eigenvalue weighted by Gasteiger charge is -2.13. The van der Waals surface area contributed by atoms with Crippen molar-refractivity contribution in [3.05, 3.63) is 60.7 Å². The minimum absolute atomic E-state index is 0.260. The summed E-state index contributed by atoms with van der Waals surface area (Å²) in [5, 5.41) is 12.6. The minimum Gasteiger partial charge on any atom is -0.491 e. The summed E-state index contributed by atoms with van der Waals surface area (Å²) in [5.41, 5.74) is 0. The van der Waals surface area contributed by atoms with E-state index in [1.807, 2.05) is 48.5 Å². The molecule has 0 radical (unpaired) electrons. The molecule has 0 aliphatic carbocycles. The summed E-state index contributed by atoms with van der Waals surface area (Å²) in [5.74, 6) is 2.89. The highest BCUT2D eigenvalue weighted by Gasteiger charge is 2.12. The van der Waals surface area contributed by atoms with E-state index in [0.717, 1.165) is 34.0 Å². The Balaban J connectivity index is 1.30. The Labute approximate surface area is 163 Å². The van der Waals surface area contributed by atoms with Crippen LogP contribution in [0.15, 0.2) is 65.6 Å². The van der Waals surface area contributed by atoms with Crippen molar-refractivity contribution in [1.29, 1.82) is 0 Å². The maximum Gasteiger partial charge on any atom is 0.162 e. The fourth-order valence-corrected chi connectivity index (χ4v) is 3.76. The van der Waals surface area contributed by atoms with Crippen LogP contribution in [0.3, 0.4) is 0 Å². The van der Waals surface area contributed by atoms with Gasteiger partial charge in [0.05, 0.1) is 19.3 Å². The van der Waals surface area contributed by atoms with E-state index < -0.39 is 6.10 Å². The van der Waals surface area contributed by atoms with Crippen molar-refractivity contribution < 1.29 is 19.3 Å². The van der Waals surface area contributed by atoms with Gasteiger partial charge < -0.3 is 19.3 Å². The van der Waals surface area contributed by atoms with E-state index in [4.69, 9.17) is 14.2 Å². The second-order valence-corrected chi connectivity index (χ2v) is 7.54. The van der Waals surface area contributed by atoms with Crippen LogP contribution in [-0.2, 0) is 0 Å². The van der Waals surface area contributed by atoms with Crippen LogP contribution in [-0.4, -0.2) is 36.8 Å². The number of hydrogen-bond acceptors (Lipinski definition) is 5. The number of thioether (sulfide) groups is 1. The third-order valence-corrected chi connectivity index (χ3v) is 5.46. The van der Waals surface area contributed by atoms with Gasteiger partial charge >= 0.3 is 0 Å². The molecule has 1 aliphatic rings. The molecule has 27 heavy (non-hydrogen) atoms. The normalized spacial score (nSPS) is 14.6. The smallest absolute Gasteiger partial charge is 0.162 e. The van der Waals surface area contributed by atoms with E-state index in [9.17, 15) is 5.11 Å². The molecule has 0 saturated carbocycles. The van der Waals surface area contributed by atoms with Crippen LogP contribution in [0.5, 0.6) is 17.2 Å². The van der Waals surface area contributed by atoms with Crippen LogP contribution in [0.2, 0.25) is 0 Å². The number of benzene rings is 3. The van der Waals surface area contributed by atoms with Gasteiger partial charge in [0.15, 0.2) is 11.5 Å². The van der Waals surface area contributed by atoms with Gasteiger partial charge in [0, 0.05) is 17.1 Å². The Bertz CT molecular complexity index is 912. The molecule has 1 heterocycles. The number of rotatable bonds is 6. The van der Waals surface area contributed by atoms with Gasteiger partial charge in [-0.05, 0) is 41.1 Å². The summed E-state index contributed by atoms with van der Waals surface area (Å²) >= 11 is 1.58. The van der Waals surface area contributed by atoms with E-state index in [1.54, 1.807) is 11.8 Å². The number of hydrogen-bond donors (Lipinski definition) is 1. The SMILES string of the molecule is OC(COc1ccc2ccccc2c1)CSc1ccc2c(c1)OCCCO2. The van der Waals surface area contributed by atoms with Crippen LogP contribution < -0.4 is 14.2 Å². The lowest BCUT2D eigenvalue weighted by Crippen LogP contribution is -2.20. The van der Waals surface area contributed by atoms with Gasteiger partial charge in [0.2, 0.25) is 0 Å². The molecule has 1 aliphatic heterocycles. The molecule has 0 saturated heterocycles. The summed E-state index contributed by atoms with van der Waals surface area (Å²) in [7, 11) is 0. The summed E-state index contributed by atoms with van der Waals surface area (Å²) in [4.78, 5) is 1.05. The average Bonchev–Trinajstić information content (AvgIpc) is 2.95. The van der Waals surface area contributed by atoms with Crippen molar-refractivity contribution in [3.63, 3.8) is 0 Å². The predicted molar refractivity (Wildman–Crippen MR) is 108 cm³/mol. The molecule has 0 amide bonds. The molecule has 4 nitrogen and oxygen atoms in total. The second kappa shape index (κ2) is 8.55. The van der Waals surface area contributed by atoms with Crippen LogP contribution in [0.4, 0.5) is 0 Å². The van der Waals surface area contributed by atoms with Gasteiger partial charge in [-0.25, -0.2) is 0 Å². The van der Waals surface area contributed by atoms with E-state index in [-0.39, 0.29) is 6.61 Å². The number of aliphatic hydroxyl groups excluding tert-OH is 1. The van der Waals surface area contributed by atoms with E-state index >= 15 is 0 Å². The number of aliphatic hydroxyl groups is 1. The molecule has 1 unspecified atom stereocenters. The molecular weight excluding hydrogens is 360 g/mol. The maximum absolute atomic E-state index is 10.3. The highest BCUT2D eigenvalue weighted by atomic mass is 32.2. The largest absolute Gasteiger partial charge is 0.491 e. The zero-order valence-electron chi connectivity index (χ0n) is 15.0. The second-order valence-electron chi connectivity index (χ2n) is 6.44. The molecule has 1 N–H and O–H groups in total. The highest BCUT2D eigenvalue weighted by molar-refractivity contribution is 7.99. The van der Waals surface area contributed by atoms with Crippen molar-refractivity contribution in [2.45, 2.75) is 17.4 Å².